The van der Waals surface area contributed by atoms with Gasteiger partial charge in [0.1, 0.15) is 6.61 Å². The largest absolute Gasteiger partial charge is 0.411 e. The van der Waals surface area contributed by atoms with Crippen molar-refractivity contribution in [1.82, 2.24) is 10.6 Å². The number of alkyl halides is 3. The normalized spacial score (nSPS) is 16.4. The first-order valence-corrected chi connectivity index (χ1v) is 8.55. The first-order valence-electron chi connectivity index (χ1n) is 8.55. The van der Waals surface area contributed by atoms with Gasteiger partial charge in [0, 0.05) is 13.7 Å². The maximum absolute atomic E-state index is 12.6. The molecule has 2 N–H and O–H groups in total. The summed E-state index contributed by atoms with van der Waals surface area (Å²) in [4.78, 5) is 12.6. The number of benzene rings is 1. The highest BCUT2D eigenvalue weighted by Crippen LogP contribution is 2.29. The molecule has 0 radical (unpaired) electrons. The maximum Gasteiger partial charge on any atom is 0.411 e. The molecule has 0 atom stereocenters. The Morgan fingerprint density at radius 3 is 2.33 bits per heavy atom. The number of carbonyl (C=O) groups excluding carboxylic acids is 1. The van der Waals surface area contributed by atoms with E-state index in [9.17, 15) is 18.0 Å². The quantitative estimate of drug-likeness (QED) is 0.692. The van der Waals surface area contributed by atoms with Crippen molar-refractivity contribution in [3.8, 4) is 0 Å². The molecule has 1 fully saturated rings. The van der Waals surface area contributed by atoms with Crippen molar-refractivity contribution >= 4 is 18.3 Å². The third-order valence-corrected chi connectivity index (χ3v) is 4.47. The molecule has 1 aromatic rings. The maximum atomic E-state index is 12.6. The number of hydrogen-bond acceptors (Lipinski definition) is 4. The van der Waals surface area contributed by atoms with E-state index in [2.05, 4.69) is 15.4 Å². The fourth-order valence-corrected chi connectivity index (χ4v) is 3.03. The van der Waals surface area contributed by atoms with E-state index < -0.39 is 18.2 Å². The van der Waals surface area contributed by atoms with Gasteiger partial charge in [0.2, 0.25) is 5.91 Å². The second kappa shape index (κ2) is 10.8. The SMILES string of the molecule is COCC1(C(=O)NCc2ccc(COCC(F)(F)F)cc2)CCNCC1.Cl. The van der Waals surface area contributed by atoms with Crippen LogP contribution in [0.5, 0.6) is 0 Å². The fourth-order valence-electron chi connectivity index (χ4n) is 3.03. The average Bonchev–Trinajstić information content (AvgIpc) is 2.61. The Balaban J connectivity index is 0.00000364. The van der Waals surface area contributed by atoms with E-state index in [1.165, 1.54) is 0 Å². The molecule has 0 aliphatic carbocycles. The van der Waals surface area contributed by atoms with Crippen LogP contribution < -0.4 is 10.6 Å². The van der Waals surface area contributed by atoms with E-state index in [1.54, 1.807) is 31.4 Å². The van der Waals surface area contributed by atoms with Gasteiger partial charge in [0.05, 0.1) is 18.6 Å². The Kier molecular flexibility index (Phi) is 9.52. The van der Waals surface area contributed by atoms with E-state index in [0.717, 1.165) is 31.5 Å². The van der Waals surface area contributed by atoms with Gasteiger partial charge in [0.15, 0.2) is 0 Å². The van der Waals surface area contributed by atoms with Gasteiger partial charge >= 0.3 is 6.18 Å². The van der Waals surface area contributed by atoms with Crippen molar-refractivity contribution in [2.45, 2.75) is 32.2 Å². The molecule has 5 nitrogen and oxygen atoms in total. The molecular formula is C18H26ClF3N2O3. The van der Waals surface area contributed by atoms with Crippen LogP contribution in [-0.4, -0.2) is 45.5 Å². The summed E-state index contributed by atoms with van der Waals surface area (Å²) in [6.07, 6.45) is -2.87. The molecule has 0 spiro atoms. The van der Waals surface area contributed by atoms with Crippen LogP contribution in [0.1, 0.15) is 24.0 Å². The van der Waals surface area contributed by atoms with Gasteiger partial charge in [-0.1, -0.05) is 24.3 Å². The average molecular weight is 411 g/mol. The zero-order valence-electron chi connectivity index (χ0n) is 15.2. The van der Waals surface area contributed by atoms with Gasteiger partial charge in [0.25, 0.3) is 0 Å². The lowest BCUT2D eigenvalue weighted by Gasteiger charge is -2.35. The smallest absolute Gasteiger partial charge is 0.384 e. The first kappa shape index (κ1) is 23.7. The van der Waals surface area contributed by atoms with Crippen molar-refractivity contribution < 1.29 is 27.4 Å². The predicted molar refractivity (Wildman–Crippen MR) is 97.7 cm³/mol. The standard InChI is InChI=1S/C18H25F3N2O3.ClH/c1-25-12-17(6-8-22-9-7-17)16(24)23-10-14-2-4-15(5-3-14)11-26-13-18(19,20)21;/h2-5,22H,6-13H2,1H3,(H,23,24);1H. The molecule has 154 valence electrons. The highest BCUT2D eigenvalue weighted by Gasteiger charge is 2.39. The highest BCUT2D eigenvalue weighted by molar-refractivity contribution is 5.85. The number of hydrogen-bond donors (Lipinski definition) is 2. The summed E-state index contributed by atoms with van der Waals surface area (Å²) in [6.45, 7) is 0.946. The summed E-state index contributed by atoms with van der Waals surface area (Å²) in [6, 6.07) is 6.95. The number of ether oxygens (including phenoxy) is 2. The van der Waals surface area contributed by atoms with Crippen LogP contribution in [0, 0.1) is 5.41 Å². The number of methoxy groups -OCH3 is 1. The first-order chi connectivity index (χ1) is 12.3. The van der Waals surface area contributed by atoms with E-state index in [1.807, 2.05) is 0 Å². The van der Waals surface area contributed by atoms with Gasteiger partial charge in [-0.3, -0.25) is 4.79 Å². The van der Waals surface area contributed by atoms with Crippen LogP contribution in [0.4, 0.5) is 13.2 Å². The lowest BCUT2D eigenvalue weighted by atomic mass is 9.78. The lowest BCUT2D eigenvalue weighted by Crippen LogP contribution is -2.49. The molecule has 9 heteroatoms. The summed E-state index contributed by atoms with van der Waals surface area (Å²) >= 11 is 0. The van der Waals surface area contributed by atoms with E-state index in [0.29, 0.717) is 18.7 Å². The summed E-state index contributed by atoms with van der Waals surface area (Å²) < 4.78 is 46.1. The molecule has 1 amide bonds. The topological polar surface area (TPSA) is 59.6 Å². The molecule has 1 heterocycles. The molecule has 1 aromatic carbocycles. The molecule has 1 aliphatic rings. The third-order valence-electron chi connectivity index (χ3n) is 4.47. The minimum Gasteiger partial charge on any atom is -0.384 e. The monoisotopic (exact) mass is 410 g/mol. The van der Waals surface area contributed by atoms with Crippen molar-refractivity contribution in [1.29, 1.82) is 0 Å². The zero-order chi connectivity index (χ0) is 19.0. The van der Waals surface area contributed by atoms with Crippen LogP contribution >= 0.6 is 12.4 Å². The van der Waals surface area contributed by atoms with Crippen LogP contribution in [-0.2, 0) is 27.4 Å². The molecule has 1 saturated heterocycles. The van der Waals surface area contributed by atoms with Crippen molar-refractivity contribution in [3.63, 3.8) is 0 Å². The van der Waals surface area contributed by atoms with Gasteiger partial charge in [-0.2, -0.15) is 13.2 Å². The van der Waals surface area contributed by atoms with Gasteiger partial charge in [-0.25, -0.2) is 0 Å². The van der Waals surface area contributed by atoms with E-state index in [4.69, 9.17) is 4.74 Å². The molecule has 1 aliphatic heterocycles. The Labute approximate surface area is 163 Å². The molecule has 0 aromatic heterocycles. The summed E-state index contributed by atoms with van der Waals surface area (Å²) in [5, 5.41) is 6.19. The van der Waals surface area contributed by atoms with Gasteiger partial charge in [-0.15, -0.1) is 12.4 Å². The van der Waals surface area contributed by atoms with Crippen LogP contribution in [0.25, 0.3) is 0 Å². The molecule has 0 saturated carbocycles. The Hall–Kier alpha value is -1.35. The minimum atomic E-state index is -4.32. The fraction of sp³-hybridized carbons (Fsp3) is 0.611. The van der Waals surface area contributed by atoms with E-state index in [-0.39, 0.29) is 24.9 Å². The molecule has 0 unspecified atom stereocenters. The van der Waals surface area contributed by atoms with Crippen molar-refractivity contribution in [2.75, 3.05) is 33.4 Å². The van der Waals surface area contributed by atoms with Gasteiger partial charge < -0.3 is 20.1 Å². The zero-order valence-corrected chi connectivity index (χ0v) is 16.0. The van der Waals surface area contributed by atoms with Crippen molar-refractivity contribution in [2.24, 2.45) is 5.41 Å². The number of amides is 1. The number of rotatable bonds is 8. The molecular weight excluding hydrogens is 385 g/mol. The Bertz CT molecular complexity index is 571. The van der Waals surface area contributed by atoms with Gasteiger partial charge in [-0.05, 0) is 37.1 Å². The minimum absolute atomic E-state index is 0. The lowest BCUT2D eigenvalue weighted by molar-refractivity contribution is -0.176. The predicted octanol–water partition coefficient (Wildman–Crippen LogP) is 2.82. The second-order valence-electron chi connectivity index (χ2n) is 6.57. The second-order valence-corrected chi connectivity index (χ2v) is 6.57. The number of nitrogens with one attached hydrogen (secondary N) is 2. The van der Waals surface area contributed by atoms with Crippen LogP contribution in [0.2, 0.25) is 0 Å². The summed E-state index contributed by atoms with van der Waals surface area (Å²) in [5.41, 5.74) is 1.02. The molecule has 27 heavy (non-hydrogen) atoms. The Morgan fingerprint density at radius 2 is 1.78 bits per heavy atom. The number of halogens is 4. The summed E-state index contributed by atoms with van der Waals surface area (Å²) in [5.74, 6) is -0.0292. The summed E-state index contributed by atoms with van der Waals surface area (Å²) in [7, 11) is 1.59. The number of piperidine rings is 1. The van der Waals surface area contributed by atoms with Crippen LogP contribution in [0.3, 0.4) is 0 Å². The molecule has 0 bridgehead atoms. The highest BCUT2D eigenvalue weighted by atomic mass is 35.5. The molecule has 2 rings (SSSR count). The number of carbonyl (C=O) groups is 1. The van der Waals surface area contributed by atoms with Crippen LogP contribution in [0.15, 0.2) is 24.3 Å². The third kappa shape index (κ3) is 7.65. The Morgan fingerprint density at radius 1 is 1.19 bits per heavy atom. The van der Waals surface area contributed by atoms with Crippen molar-refractivity contribution in [3.05, 3.63) is 35.4 Å². The van der Waals surface area contributed by atoms with E-state index >= 15 is 0 Å².